The van der Waals surface area contributed by atoms with Gasteiger partial charge in [-0.05, 0) is 25.7 Å². The fourth-order valence-electron chi connectivity index (χ4n) is 1.80. The number of hydrogen-bond acceptors (Lipinski definition) is 3. The van der Waals surface area contributed by atoms with Crippen molar-refractivity contribution in [2.75, 3.05) is 6.61 Å². The van der Waals surface area contributed by atoms with Crippen molar-refractivity contribution in [1.82, 2.24) is 0 Å². The Labute approximate surface area is 72.7 Å². The van der Waals surface area contributed by atoms with Gasteiger partial charge in [-0.25, -0.2) is 0 Å². The summed E-state index contributed by atoms with van der Waals surface area (Å²) in [5.41, 5.74) is 0. The molecule has 3 atom stereocenters. The van der Waals surface area contributed by atoms with Gasteiger partial charge < -0.3 is 9.84 Å². The Hall–Kier alpha value is -0.570. The van der Waals surface area contributed by atoms with Gasteiger partial charge in [0.2, 0.25) is 0 Å². The van der Waals surface area contributed by atoms with Gasteiger partial charge in [-0.3, -0.25) is 4.79 Å². The molecule has 70 valence electrons. The number of rotatable bonds is 2. The standard InChI is InChI=1S/C9H16O3/c1-3-12-9(11)8-6(2)4-5-7(8)10/h6-8,10H,3-5H2,1-2H3/t6-,7-,8+/m0/s1. The van der Waals surface area contributed by atoms with Crippen LogP contribution in [0.25, 0.3) is 0 Å². The number of carbonyl (C=O) groups excluding carboxylic acids is 1. The van der Waals surface area contributed by atoms with Crippen LogP contribution in [0.4, 0.5) is 0 Å². The van der Waals surface area contributed by atoms with Crippen LogP contribution in [0.15, 0.2) is 0 Å². The Morgan fingerprint density at radius 2 is 2.25 bits per heavy atom. The van der Waals surface area contributed by atoms with E-state index in [0.29, 0.717) is 6.61 Å². The molecule has 0 unspecified atom stereocenters. The van der Waals surface area contributed by atoms with Crippen molar-refractivity contribution in [1.29, 1.82) is 0 Å². The van der Waals surface area contributed by atoms with Crippen LogP contribution < -0.4 is 0 Å². The molecule has 12 heavy (non-hydrogen) atoms. The number of aliphatic hydroxyl groups excluding tert-OH is 1. The lowest BCUT2D eigenvalue weighted by Gasteiger charge is -2.16. The molecule has 1 aliphatic carbocycles. The van der Waals surface area contributed by atoms with E-state index >= 15 is 0 Å². The number of esters is 1. The van der Waals surface area contributed by atoms with E-state index in [9.17, 15) is 9.90 Å². The van der Waals surface area contributed by atoms with E-state index in [0.717, 1.165) is 12.8 Å². The molecule has 1 fully saturated rings. The lowest BCUT2D eigenvalue weighted by molar-refractivity contribution is -0.152. The fourth-order valence-corrected chi connectivity index (χ4v) is 1.80. The predicted octanol–water partition coefficient (Wildman–Crippen LogP) is 0.956. The van der Waals surface area contributed by atoms with E-state index in [-0.39, 0.29) is 17.8 Å². The lowest BCUT2D eigenvalue weighted by Crippen LogP contribution is -2.28. The van der Waals surface area contributed by atoms with Crippen molar-refractivity contribution in [3.63, 3.8) is 0 Å². The molecular weight excluding hydrogens is 156 g/mol. The zero-order valence-electron chi connectivity index (χ0n) is 7.62. The Balaban J connectivity index is 2.53. The van der Waals surface area contributed by atoms with Gasteiger partial charge in [-0.15, -0.1) is 0 Å². The first-order valence-electron chi connectivity index (χ1n) is 4.51. The van der Waals surface area contributed by atoms with Crippen LogP contribution in [-0.2, 0) is 9.53 Å². The molecule has 0 amide bonds. The minimum Gasteiger partial charge on any atom is -0.466 e. The number of carbonyl (C=O) groups is 1. The molecule has 1 rings (SSSR count). The van der Waals surface area contributed by atoms with E-state index in [1.54, 1.807) is 6.92 Å². The van der Waals surface area contributed by atoms with Gasteiger partial charge in [-0.1, -0.05) is 6.92 Å². The van der Waals surface area contributed by atoms with Crippen LogP contribution in [0.5, 0.6) is 0 Å². The number of hydrogen-bond donors (Lipinski definition) is 1. The first-order valence-corrected chi connectivity index (χ1v) is 4.51. The highest BCUT2D eigenvalue weighted by Crippen LogP contribution is 2.32. The second-order valence-electron chi connectivity index (χ2n) is 3.40. The molecule has 1 N–H and O–H groups in total. The molecule has 0 aliphatic heterocycles. The molecule has 0 aromatic heterocycles. The number of ether oxygens (including phenoxy) is 1. The Morgan fingerprint density at radius 1 is 1.58 bits per heavy atom. The van der Waals surface area contributed by atoms with Gasteiger partial charge in [0.1, 0.15) is 0 Å². The normalized spacial score (nSPS) is 35.1. The minimum atomic E-state index is -0.487. The van der Waals surface area contributed by atoms with Gasteiger partial charge in [0.05, 0.1) is 18.6 Å². The quantitative estimate of drug-likeness (QED) is 0.631. The summed E-state index contributed by atoms with van der Waals surface area (Å²) < 4.78 is 4.87. The fraction of sp³-hybridized carbons (Fsp3) is 0.889. The third-order valence-corrected chi connectivity index (χ3v) is 2.50. The maximum Gasteiger partial charge on any atom is 0.311 e. The predicted molar refractivity (Wildman–Crippen MR) is 44.5 cm³/mol. The van der Waals surface area contributed by atoms with E-state index in [4.69, 9.17) is 4.74 Å². The Bertz CT molecular complexity index is 157. The second kappa shape index (κ2) is 3.90. The summed E-state index contributed by atoms with van der Waals surface area (Å²) in [4.78, 5) is 11.3. The van der Waals surface area contributed by atoms with Crippen molar-refractivity contribution in [2.24, 2.45) is 11.8 Å². The maximum absolute atomic E-state index is 11.3. The molecule has 1 aliphatic rings. The summed E-state index contributed by atoms with van der Waals surface area (Å²) in [7, 11) is 0. The summed E-state index contributed by atoms with van der Waals surface area (Å²) in [6, 6.07) is 0. The van der Waals surface area contributed by atoms with E-state index in [1.807, 2.05) is 6.92 Å². The minimum absolute atomic E-state index is 0.241. The highest BCUT2D eigenvalue weighted by Gasteiger charge is 2.38. The van der Waals surface area contributed by atoms with Crippen LogP contribution in [-0.4, -0.2) is 23.8 Å². The van der Waals surface area contributed by atoms with Crippen LogP contribution >= 0.6 is 0 Å². The van der Waals surface area contributed by atoms with Crippen molar-refractivity contribution >= 4 is 5.97 Å². The molecule has 0 heterocycles. The molecule has 0 saturated heterocycles. The topological polar surface area (TPSA) is 46.5 Å². The summed E-state index contributed by atoms with van der Waals surface area (Å²) in [5.74, 6) is -0.265. The van der Waals surface area contributed by atoms with Crippen molar-refractivity contribution in [2.45, 2.75) is 32.8 Å². The largest absolute Gasteiger partial charge is 0.466 e. The van der Waals surface area contributed by atoms with E-state index in [2.05, 4.69) is 0 Å². The Kier molecular flexibility index (Phi) is 3.09. The molecule has 0 aromatic carbocycles. The van der Waals surface area contributed by atoms with Gasteiger partial charge >= 0.3 is 5.97 Å². The highest BCUT2D eigenvalue weighted by molar-refractivity contribution is 5.73. The molecule has 3 nitrogen and oxygen atoms in total. The average Bonchev–Trinajstić information content (AvgIpc) is 2.32. The summed E-state index contributed by atoms with van der Waals surface area (Å²) in [6.07, 6.45) is 1.16. The summed E-state index contributed by atoms with van der Waals surface area (Å²) in [5, 5.41) is 9.46. The van der Waals surface area contributed by atoms with Crippen LogP contribution in [0.3, 0.4) is 0 Å². The van der Waals surface area contributed by atoms with Gasteiger partial charge in [-0.2, -0.15) is 0 Å². The number of aliphatic hydroxyl groups is 1. The molecule has 0 spiro atoms. The average molecular weight is 172 g/mol. The molecule has 0 aromatic rings. The molecular formula is C9H16O3. The zero-order chi connectivity index (χ0) is 9.14. The van der Waals surface area contributed by atoms with E-state index < -0.39 is 6.10 Å². The third-order valence-electron chi connectivity index (χ3n) is 2.50. The van der Waals surface area contributed by atoms with Crippen LogP contribution in [0, 0.1) is 11.8 Å². The molecule has 0 bridgehead atoms. The van der Waals surface area contributed by atoms with Gasteiger partial charge in [0.25, 0.3) is 0 Å². The lowest BCUT2D eigenvalue weighted by atomic mass is 9.97. The van der Waals surface area contributed by atoms with Crippen molar-refractivity contribution in [3.8, 4) is 0 Å². The van der Waals surface area contributed by atoms with E-state index in [1.165, 1.54) is 0 Å². The van der Waals surface area contributed by atoms with Crippen LogP contribution in [0.1, 0.15) is 26.7 Å². The van der Waals surface area contributed by atoms with Crippen molar-refractivity contribution < 1.29 is 14.6 Å². The smallest absolute Gasteiger partial charge is 0.311 e. The van der Waals surface area contributed by atoms with Crippen molar-refractivity contribution in [3.05, 3.63) is 0 Å². The molecule has 3 heteroatoms. The molecule has 0 radical (unpaired) electrons. The maximum atomic E-state index is 11.3. The summed E-state index contributed by atoms with van der Waals surface area (Å²) >= 11 is 0. The van der Waals surface area contributed by atoms with Gasteiger partial charge in [0, 0.05) is 0 Å². The van der Waals surface area contributed by atoms with Gasteiger partial charge in [0.15, 0.2) is 0 Å². The Morgan fingerprint density at radius 3 is 2.67 bits per heavy atom. The molecule has 1 saturated carbocycles. The first-order chi connectivity index (χ1) is 5.66. The highest BCUT2D eigenvalue weighted by atomic mass is 16.5. The SMILES string of the molecule is CCOC(=O)[C@@H]1[C@@H](C)CC[C@@H]1O. The second-order valence-corrected chi connectivity index (χ2v) is 3.40. The third kappa shape index (κ3) is 1.78. The van der Waals surface area contributed by atoms with Crippen LogP contribution in [0.2, 0.25) is 0 Å². The summed E-state index contributed by atoms with van der Waals surface area (Å²) in [6.45, 7) is 4.16. The zero-order valence-corrected chi connectivity index (χ0v) is 7.62. The first kappa shape index (κ1) is 9.52. The monoisotopic (exact) mass is 172 g/mol.